The van der Waals surface area contributed by atoms with Gasteiger partial charge in [-0.25, -0.2) is 0 Å². The highest BCUT2D eigenvalue weighted by Crippen LogP contribution is 2.50. The summed E-state index contributed by atoms with van der Waals surface area (Å²) in [5.74, 6) is -0.760. The zero-order chi connectivity index (χ0) is 33.6. The van der Waals surface area contributed by atoms with Gasteiger partial charge in [-0.3, -0.25) is 14.4 Å². The number of methoxy groups -OCH3 is 2. The summed E-state index contributed by atoms with van der Waals surface area (Å²) in [5.41, 5.74) is 1.43. The van der Waals surface area contributed by atoms with E-state index >= 15 is 0 Å². The largest absolute Gasteiger partial charge is 0.496 e. The Bertz CT molecular complexity index is 1350. The van der Waals surface area contributed by atoms with Crippen LogP contribution in [0.2, 0.25) is 0 Å². The Labute approximate surface area is 280 Å². The summed E-state index contributed by atoms with van der Waals surface area (Å²) in [5, 5.41) is 2.98. The lowest BCUT2D eigenvalue weighted by Gasteiger charge is -2.51. The highest BCUT2D eigenvalue weighted by Gasteiger charge is 2.59. The highest BCUT2D eigenvalue weighted by molar-refractivity contribution is 5.92. The van der Waals surface area contributed by atoms with E-state index in [2.05, 4.69) is 12.2 Å². The van der Waals surface area contributed by atoms with E-state index in [1.165, 1.54) is 13.5 Å². The SMILES string of the molecule is CCCCCCCCN1C(=O)[C@@H](CC(=O)NCCc2ccccc2OC)C[C@@]2(C(=O)OC)C1=C[C@H](COCc1ccccc1)O[C@@H]2C. The molecule has 0 bridgehead atoms. The number of para-hydroxylation sites is 1. The van der Waals surface area contributed by atoms with Crippen LogP contribution < -0.4 is 10.1 Å². The first kappa shape index (κ1) is 36.2. The molecule has 2 aliphatic heterocycles. The minimum atomic E-state index is -1.22. The molecule has 1 saturated heterocycles. The Morgan fingerprint density at radius 2 is 1.72 bits per heavy atom. The molecule has 0 spiro atoms. The van der Waals surface area contributed by atoms with Gasteiger partial charge >= 0.3 is 5.97 Å². The molecule has 9 nitrogen and oxygen atoms in total. The van der Waals surface area contributed by atoms with Crippen LogP contribution in [0.15, 0.2) is 66.4 Å². The molecule has 2 aliphatic rings. The fourth-order valence-corrected chi connectivity index (χ4v) is 6.84. The Kier molecular flexibility index (Phi) is 13.9. The number of carbonyl (C=O) groups excluding carboxylic acids is 3. The van der Waals surface area contributed by atoms with Gasteiger partial charge in [0, 0.05) is 31.1 Å². The average molecular weight is 649 g/mol. The van der Waals surface area contributed by atoms with Crippen molar-refractivity contribution in [1.82, 2.24) is 10.2 Å². The van der Waals surface area contributed by atoms with E-state index in [1.54, 1.807) is 12.0 Å². The Balaban J connectivity index is 1.52. The molecule has 0 radical (unpaired) electrons. The topological polar surface area (TPSA) is 103 Å². The number of piperidine rings is 1. The molecule has 2 amide bonds. The summed E-state index contributed by atoms with van der Waals surface area (Å²) in [7, 11) is 2.99. The zero-order valence-electron chi connectivity index (χ0n) is 28.5. The first-order valence-corrected chi connectivity index (χ1v) is 17.1. The minimum absolute atomic E-state index is 0.0277. The average Bonchev–Trinajstić information content (AvgIpc) is 3.08. The van der Waals surface area contributed by atoms with E-state index in [9.17, 15) is 14.4 Å². The number of hydrogen-bond acceptors (Lipinski definition) is 7. The summed E-state index contributed by atoms with van der Waals surface area (Å²) in [4.78, 5) is 42.9. The molecule has 1 fully saturated rings. The van der Waals surface area contributed by atoms with Crippen LogP contribution >= 0.6 is 0 Å². The molecule has 2 aromatic carbocycles. The van der Waals surface area contributed by atoms with Gasteiger partial charge in [-0.15, -0.1) is 0 Å². The first-order valence-electron chi connectivity index (χ1n) is 17.1. The molecule has 1 N–H and O–H groups in total. The van der Waals surface area contributed by atoms with Crippen molar-refractivity contribution in [2.24, 2.45) is 11.3 Å². The maximum absolute atomic E-state index is 14.2. The van der Waals surface area contributed by atoms with Crippen molar-refractivity contribution < 1.29 is 33.3 Å². The second-order valence-electron chi connectivity index (χ2n) is 12.6. The van der Waals surface area contributed by atoms with Crippen molar-refractivity contribution in [2.75, 3.05) is 33.9 Å². The Hall–Kier alpha value is -3.69. The highest BCUT2D eigenvalue weighted by atomic mass is 16.6. The van der Waals surface area contributed by atoms with Gasteiger partial charge in [0.2, 0.25) is 11.8 Å². The van der Waals surface area contributed by atoms with Gasteiger partial charge in [-0.2, -0.15) is 0 Å². The van der Waals surface area contributed by atoms with Crippen LogP contribution in [0.5, 0.6) is 5.75 Å². The summed E-state index contributed by atoms with van der Waals surface area (Å²) in [6, 6.07) is 17.6. The lowest BCUT2D eigenvalue weighted by Crippen LogP contribution is -2.60. The minimum Gasteiger partial charge on any atom is -0.496 e. The van der Waals surface area contributed by atoms with Crippen molar-refractivity contribution in [3.63, 3.8) is 0 Å². The fraction of sp³-hybridized carbons (Fsp3) is 0.553. The quantitative estimate of drug-likeness (QED) is 0.156. The van der Waals surface area contributed by atoms with E-state index in [4.69, 9.17) is 18.9 Å². The number of nitrogens with zero attached hydrogens (tertiary/aromatic N) is 1. The third-order valence-electron chi connectivity index (χ3n) is 9.37. The van der Waals surface area contributed by atoms with Crippen LogP contribution in [0.25, 0.3) is 0 Å². The number of carbonyl (C=O) groups is 3. The number of amides is 2. The van der Waals surface area contributed by atoms with E-state index in [0.29, 0.717) is 31.8 Å². The second kappa shape index (κ2) is 18.0. The molecule has 4 rings (SSSR count). The molecular weight excluding hydrogens is 596 g/mol. The van der Waals surface area contributed by atoms with Gasteiger partial charge in [0.05, 0.1) is 33.5 Å². The smallest absolute Gasteiger partial charge is 0.320 e. The lowest BCUT2D eigenvalue weighted by molar-refractivity contribution is -0.178. The number of ether oxygens (including phenoxy) is 4. The van der Waals surface area contributed by atoms with E-state index in [-0.39, 0.29) is 31.3 Å². The number of esters is 1. The van der Waals surface area contributed by atoms with Crippen LogP contribution in [0.3, 0.4) is 0 Å². The molecule has 0 unspecified atom stereocenters. The van der Waals surface area contributed by atoms with Gasteiger partial charge in [-0.1, -0.05) is 87.6 Å². The van der Waals surface area contributed by atoms with Gasteiger partial charge < -0.3 is 29.2 Å². The van der Waals surface area contributed by atoms with Gasteiger partial charge in [0.25, 0.3) is 0 Å². The second-order valence-corrected chi connectivity index (χ2v) is 12.6. The van der Waals surface area contributed by atoms with Crippen molar-refractivity contribution in [3.05, 3.63) is 77.5 Å². The molecule has 2 heterocycles. The van der Waals surface area contributed by atoms with Crippen LogP contribution in [-0.4, -0.2) is 68.8 Å². The molecule has 0 aromatic heterocycles. The van der Waals surface area contributed by atoms with Crippen LogP contribution in [0.4, 0.5) is 0 Å². The molecule has 0 aliphatic carbocycles. The molecular formula is C38H52N2O7. The summed E-state index contributed by atoms with van der Waals surface area (Å²) >= 11 is 0. The number of nitrogens with one attached hydrogen (secondary N) is 1. The van der Waals surface area contributed by atoms with Crippen molar-refractivity contribution in [2.45, 2.75) is 90.4 Å². The third kappa shape index (κ3) is 9.23. The molecule has 2 aromatic rings. The first-order chi connectivity index (χ1) is 22.8. The molecule has 256 valence electrons. The van der Waals surface area contributed by atoms with Gasteiger partial charge in [-0.05, 0) is 49.5 Å². The maximum Gasteiger partial charge on any atom is 0.320 e. The Morgan fingerprint density at radius 3 is 2.47 bits per heavy atom. The standard InChI is InChI=1S/C38H52N2O7/c1-5-6-7-8-9-15-22-40-34-24-32(27-46-26-29-16-11-10-12-17-29)47-28(2)38(34,37(43)45-4)25-31(36(40)42)23-35(41)39-21-20-30-18-13-14-19-33(30)44-3/h10-14,16-19,24,28,31-32H,5-9,15,20-23,25-27H2,1-4H3,(H,39,41)/t28-,31+,32-,38+/m1/s1. The fourth-order valence-electron chi connectivity index (χ4n) is 6.84. The Morgan fingerprint density at radius 1 is 1.00 bits per heavy atom. The van der Waals surface area contributed by atoms with Gasteiger partial charge in [0.1, 0.15) is 17.3 Å². The van der Waals surface area contributed by atoms with E-state index in [0.717, 1.165) is 49.0 Å². The predicted molar refractivity (Wildman–Crippen MR) is 180 cm³/mol. The maximum atomic E-state index is 14.2. The van der Waals surface area contributed by atoms with Crippen LogP contribution in [0, 0.1) is 11.3 Å². The van der Waals surface area contributed by atoms with Crippen molar-refractivity contribution >= 4 is 17.8 Å². The molecule has 4 atom stereocenters. The number of likely N-dealkylation sites (tertiary alicyclic amines) is 1. The third-order valence-corrected chi connectivity index (χ3v) is 9.37. The number of rotatable bonds is 18. The van der Waals surface area contributed by atoms with Crippen LogP contribution in [-0.2, 0) is 41.6 Å². The molecule has 47 heavy (non-hydrogen) atoms. The number of fused-ring (bicyclic) bond motifs is 1. The monoisotopic (exact) mass is 648 g/mol. The van der Waals surface area contributed by atoms with Crippen molar-refractivity contribution in [3.8, 4) is 5.75 Å². The number of unbranched alkanes of at least 4 members (excludes halogenated alkanes) is 5. The zero-order valence-corrected chi connectivity index (χ0v) is 28.5. The summed E-state index contributed by atoms with van der Waals surface area (Å²) in [6.45, 7) is 5.61. The number of hydrogen-bond donors (Lipinski definition) is 1. The predicted octanol–water partition coefficient (Wildman–Crippen LogP) is 6.00. The summed E-state index contributed by atoms with van der Waals surface area (Å²) in [6.07, 6.45) is 7.89. The normalized spacial score (nSPS) is 22.3. The van der Waals surface area contributed by atoms with E-state index in [1.807, 2.05) is 67.6 Å². The lowest BCUT2D eigenvalue weighted by atomic mass is 9.66. The molecule has 9 heteroatoms. The van der Waals surface area contributed by atoms with Gasteiger partial charge in [0.15, 0.2) is 0 Å². The van der Waals surface area contributed by atoms with Crippen LogP contribution in [0.1, 0.15) is 76.3 Å². The van der Waals surface area contributed by atoms with E-state index < -0.39 is 29.5 Å². The molecule has 0 saturated carbocycles. The number of benzene rings is 2. The summed E-state index contributed by atoms with van der Waals surface area (Å²) < 4.78 is 23.3. The van der Waals surface area contributed by atoms with Crippen molar-refractivity contribution in [1.29, 1.82) is 0 Å².